The van der Waals surface area contributed by atoms with E-state index in [1.54, 1.807) is 6.07 Å². The van der Waals surface area contributed by atoms with Gasteiger partial charge in [-0.2, -0.15) is 8.42 Å². The Morgan fingerprint density at radius 3 is 2.67 bits per heavy atom. The quantitative estimate of drug-likeness (QED) is 0.372. The zero-order valence-electron chi connectivity index (χ0n) is 21.8. The van der Waals surface area contributed by atoms with Crippen LogP contribution in [0.4, 0.5) is 10.2 Å². The number of nitrogens with two attached hydrogens (primary N) is 1. The van der Waals surface area contributed by atoms with Crippen LogP contribution in [0.15, 0.2) is 53.6 Å². The highest BCUT2D eigenvalue weighted by atomic mass is 32.2. The van der Waals surface area contributed by atoms with Crippen molar-refractivity contribution in [1.29, 1.82) is 0 Å². The van der Waals surface area contributed by atoms with Gasteiger partial charge in [0.2, 0.25) is 5.88 Å². The average Bonchev–Trinajstić information content (AvgIpc) is 3.50. The average molecular weight is 559 g/mol. The first kappa shape index (κ1) is 26.9. The lowest BCUT2D eigenvalue weighted by Crippen LogP contribution is -2.32. The molecule has 2 aromatic heterocycles. The van der Waals surface area contributed by atoms with Crippen LogP contribution in [0.3, 0.4) is 0 Å². The Morgan fingerprint density at radius 2 is 1.97 bits per heavy atom. The number of sulfonamides is 1. The van der Waals surface area contributed by atoms with Crippen molar-refractivity contribution in [2.45, 2.75) is 50.7 Å². The first-order chi connectivity index (χ1) is 18.6. The van der Waals surface area contributed by atoms with Crippen LogP contribution in [0.5, 0.6) is 11.6 Å². The molecule has 210 valence electrons. The zero-order chi connectivity index (χ0) is 27.7. The number of fused-ring (bicyclic) bond motifs is 2. The van der Waals surface area contributed by atoms with E-state index < -0.39 is 21.7 Å². The van der Waals surface area contributed by atoms with Crippen molar-refractivity contribution < 1.29 is 29.9 Å². The van der Waals surface area contributed by atoms with Gasteiger partial charge in [-0.05, 0) is 79.8 Å². The minimum Gasteiger partial charge on any atom is -0.493 e. The Morgan fingerprint density at radius 1 is 1.15 bits per heavy atom. The number of nitrogens with one attached hydrogen (secondary N) is 1. The maximum absolute atomic E-state index is 14.5. The highest BCUT2D eigenvalue weighted by molar-refractivity contribution is 7.90. The summed E-state index contributed by atoms with van der Waals surface area (Å²) in [5, 5.41) is -0.385. The van der Waals surface area contributed by atoms with Gasteiger partial charge in [-0.15, -0.1) is 0 Å². The number of ether oxygens (including phenoxy) is 2. The molecule has 3 atom stereocenters. The maximum atomic E-state index is 14.5. The number of pyridine rings is 2. The predicted molar refractivity (Wildman–Crippen MR) is 147 cm³/mol. The molecule has 0 saturated heterocycles. The van der Waals surface area contributed by atoms with Gasteiger partial charge in [-0.3, -0.25) is 4.79 Å². The summed E-state index contributed by atoms with van der Waals surface area (Å²) in [7, 11) is -4.31. The highest BCUT2D eigenvalue weighted by Gasteiger charge is 2.41. The molecule has 1 amide bonds. The lowest BCUT2D eigenvalue weighted by atomic mass is 9.98. The number of halogens is 1. The van der Waals surface area contributed by atoms with Gasteiger partial charge in [0.25, 0.3) is 15.9 Å². The molecule has 5 rings (SSSR count). The van der Waals surface area contributed by atoms with Crippen LogP contribution in [0.1, 0.15) is 52.7 Å². The number of aromatic nitrogens is 2. The third kappa shape index (κ3) is 6.13. The van der Waals surface area contributed by atoms with E-state index in [-0.39, 0.29) is 37.2 Å². The van der Waals surface area contributed by atoms with E-state index in [4.69, 9.17) is 15.2 Å². The topological polar surface area (TPSA) is 134 Å². The number of hydrogen-bond donors (Lipinski definition) is 2. The lowest BCUT2D eigenvalue weighted by molar-refractivity contribution is 0.0960. The number of carbonyl (C=O) groups excluding carboxylic acids is 1. The molecule has 11 heteroatoms. The molecule has 2 unspecified atom stereocenters. The molecule has 9 nitrogen and oxygen atoms in total. The highest BCUT2D eigenvalue weighted by Crippen LogP contribution is 2.46. The van der Waals surface area contributed by atoms with Crippen molar-refractivity contribution in [3.63, 3.8) is 0 Å². The summed E-state index contributed by atoms with van der Waals surface area (Å²) in [6, 6.07) is 11.4. The second kappa shape index (κ2) is 10.8. The lowest BCUT2D eigenvalue weighted by Gasteiger charge is -2.24. The molecule has 1 aromatic carbocycles. The molecule has 2 saturated carbocycles. The number of amides is 1. The van der Waals surface area contributed by atoms with Crippen molar-refractivity contribution in [2.75, 3.05) is 12.3 Å². The molecule has 3 aromatic rings. The minimum absolute atomic E-state index is 0. The second-order valence-corrected chi connectivity index (χ2v) is 12.2. The number of rotatable bonds is 9. The van der Waals surface area contributed by atoms with Crippen molar-refractivity contribution in [1.82, 2.24) is 14.7 Å². The monoisotopic (exact) mass is 558 g/mol. The van der Waals surface area contributed by atoms with E-state index in [9.17, 15) is 17.6 Å². The van der Waals surface area contributed by atoms with Crippen molar-refractivity contribution >= 4 is 21.7 Å². The van der Waals surface area contributed by atoms with Crippen LogP contribution in [-0.4, -0.2) is 37.0 Å². The van der Waals surface area contributed by atoms with Crippen molar-refractivity contribution in [2.24, 2.45) is 17.8 Å². The van der Waals surface area contributed by atoms with Gasteiger partial charge in [-0.25, -0.2) is 19.1 Å². The first-order valence-electron chi connectivity index (χ1n) is 13.0. The van der Waals surface area contributed by atoms with Crippen LogP contribution in [0, 0.1) is 23.6 Å². The normalized spacial score (nSPS) is 20.3. The molecule has 0 aliphatic heterocycles. The zero-order valence-corrected chi connectivity index (χ0v) is 22.6. The van der Waals surface area contributed by atoms with Gasteiger partial charge in [0.1, 0.15) is 29.1 Å². The molecule has 2 aliphatic carbocycles. The number of nitrogen functional groups attached to an aromatic ring is 1. The Bertz CT molecular complexity index is 1510. The van der Waals surface area contributed by atoms with Crippen LogP contribution in [0.25, 0.3) is 11.3 Å². The van der Waals surface area contributed by atoms with Crippen LogP contribution < -0.4 is 19.9 Å². The molecule has 0 spiro atoms. The molecule has 39 heavy (non-hydrogen) atoms. The predicted octanol–water partition coefficient (Wildman–Crippen LogP) is 5.08. The fourth-order valence-corrected chi connectivity index (χ4v) is 6.15. The Kier molecular flexibility index (Phi) is 7.44. The number of hydrogen-bond acceptors (Lipinski definition) is 8. The molecule has 0 radical (unpaired) electrons. The third-order valence-electron chi connectivity index (χ3n) is 7.04. The standard InChI is InChI=1S/C28H31FN4O5S.2H2/c1-16(2)15-37-21-13-19(12-20(29)14-21)23-9-8-22(28(31-23)38-24-11-17-6-7-18(24)10-17)27(34)33-39(35,36)26-5-3-4-25(30)32-26;;/h3-5,8-9,12-14,16-18,24H,6-7,10-11,15H2,1-2H3,(H2,30,32)(H,33,34);2*1H/t17-,18?,24?;;/m0../s1. The van der Waals surface area contributed by atoms with Gasteiger partial charge in [0, 0.05) is 14.5 Å². The second-order valence-electron chi connectivity index (χ2n) is 10.6. The summed E-state index contributed by atoms with van der Waals surface area (Å²) in [5.41, 5.74) is 6.36. The molecular weight excluding hydrogens is 523 g/mol. The van der Waals surface area contributed by atoms with E-state index in [1.165, 1.54) is 42.5 Å². The molecule has 2 heterocycles. The van der Waals surface area contributed by atoms with Gasteiger partial charge >= 0.3 is 0 Å². The molecular formula is C28H35FN4O5S. The molecule has 2 fully saturated rings. The van der Waals surface area contributed by atoms with Gasteiger partial charge in [0.05, 0.1) is 12.3 Å². The van der Waals surface area contributed by atoms with E-state index in [0.29, 0.717) is 35.4 Å². The summed E-state index contributed by atoms with van der Waals surface area (Å²) in [5.74, 6) is 0.117. The van der Waals surface area contributed by atoms with Gasteiger partial charge < -0.3 is 15.2 Å². The van der Waals surface area contributed by atoms with E-state index in [2.05, 4.69) is 9.97 Å². The first-order valence-corrected chi connectivity index (χ1v) is 14.5. The number of anilines is 1. The van der Waals surface area contributed by atoms with Crippen LogP contribution in [-0.2, 0) is 10.0 Å². The molecule has 3 N–H and O–H groups in total. The van der Waals surface area contributed by atoms with Crippen molar-refractivity contribution in [3.8, 4) is 22.9 Å². The van der Waals surface area contributed by atoms with Crippen molar-refractivity contribution in [3.05, 3.63) is 59.9 Å². The summed E-state index contributed by atoms with van der Waals surface area (Å²) < 4.78 is 54.1. The summed E-state index contributed by atoms with van der Waals surface area (Å²) >= 11 is 0. The summed E-state index contributed by atoms with van der Waals surface area (Å²) in [4.78, 5) is 21.6. The molecule has 2 bridgehead atoms. The fourth-order valence-electron chi connectivity index (χ4n) is 5.20. The maximum Gasteiger partial charge on any atom is 0.281 e. The Balaban J connectivity index is 0.00000231. The van der Waals surface area contributed by atoms with Crippen LogP contribution >= 0.6 is 0 Å². The van der Waals surface area contributed by atoms with E-state index in [0.717, 1.165) is 25.7 Å². The third-order valence-corrected chi connectivity index (χ3v) is 8.27. The SMILES string of the molecule is CC(C)COc1cc(F)cc(-c2ccc(C(=O)NS(=O)(=O)c3cccc(N)n3)c(OC3C[C@H]4CCC3C4)n2)c1.[HH].[HH]. The summed E-state index contributed by atoms with van der Waals surface area (Å²) in [6.45, 7) is 4.41. The van der Waals surface area contributed by atoms with E-state index >= 15 is 0 Å². The van der Waals surface area contributed by atoms with E-state index in [1.807, 2.05) is 18.6 Å². The number of carbonyl (C=O) groups is 1. The summed E-state index contributed by atoms with van der Waals surface area (Å²) in [6.07, 6.45) is 3.95. The van der Waals surface area contributed by atoms with Gasteiger partial charge in [0.15, 0.2) is 5.03 Å². The smallest absolute Gasteiger partial charge is 0.281 e. The fraction of sp³-hybridized carbons (Fsp3) is 0.393. The number of nitrogens with zero attached hydrogens (tertiary/aromatic N) is 2. The number of benzene rings is 1. The Labute approximate surface area is 230 Å². The van der Waals surface area contributed by atoms with Crippen LogP contribution in [0.2, 0.25) is 0 Å². The Hall–Kier alpha value is -3.73. The minimum atomic E-state index is -4.31. The largest absolute Gasteiger partial charge is 0.493 e. The molecule has 2 aliphatic rings. The van der Waals surface area contributed by atoms with Gasteiger partial charge in [-0.1, -0.05) is 19.9 Å².